The van der Waals surface area contributed by atoms with Crippen molar-refractivity contribution < 1.29 is 0 Å². The summed E-state index contributed by atoms with van der Waals surface area (Å²) in [5.41, 5.74) is 7.29. The molecule has 0 aliphatic heterocycles. The summed E-state index contributed by atoms with van der Waals surface area (Å²) in [4.78, 5) is 5.00. The van der Waals surface area contributed by atoms with E-state index in [4.69, 9.17) is 33.3 Å². The van der Waals surface area contributed by atoms with Crippen LogP contribution in [0, 0.1) is 6.92 Å². The third kappa shape index (κ3) is 2.84. The Balaban J connectivity index is 1.73. The van der Waals surface area contributed by atoms with Crippen molar-refractivity contribution in [3.8, 4) is 11.1 Å². The van der Waals surface area contributed by atoms with Crippen molar-refractivity contribution in [2.75, 3.05) is 5.32 Å². The molecule has 0 bridgehead atoms. The molecule has 2 aromatic heterocycles. The van der Waals surface area contributed by atoms with Crippen LogP contribution in [-0.4, -0.2) is 14.6 Å². The maximum atomic E-state index is 6.22. The SMILES string of the molecule is Cc1nn2c(Nc3ccc(Cl)c(Cl)c3)c3c(nc2c1-c1ccccc1)CCC3. The van der Waals surface area contributed by atoms with Gasteiger partial charge in [-0.05, 0) is 49.9 Å². The van der Waals surface area contributed by atoms with Gasteiger partial charge in [-0.25, -0.2) is 4.98 Å². The van der Waals surface area contributed by atoms with E-state index < -0.39 is 0 Å². The molecule has 5 rings (SSSR count). The Morgan fingerprint density at radius 2 is 1.82 bits per heavy atom. The van der Waals surface area contributed by atoms with Crippen molar-refractivity contribution in [2.24, 2.45) is 0 Å². The lowest BCUT2D eigenvalue weighted by Gasteiger charge is -2.14. The summed E-state index contributed by atoms with van der Waals surface area (Å²) in [6.07, 6.45) is 3.08. The van der Waals surface area contributed by atoms with Crippen LogP contribution in [-0.2, 0) is 12.8 Å². The molecule has 0 spiro atoms. The maximum absolute atomic E-state index is 6.22. The number of aryl methyl sites for hydroxylation is 2. The highest BCUT2D eigenvalue weighted by atomic mass is 35.5. The lowest BCUT2D eigenvalue weighted by molar-refractivity contribution is 0.900. The molecule has 0 saturated heterocycles. The second-order valence-electron chi connectivity index (χ2n) is 7.05. The molecular formula is C22H18Cl2N4. The number of nitrogens with zero attached hydrogens (tertiary/aromatic N) is 3. The van der Waals surface area contributed by atoms with Crippen LogP contribution in [0.4, 0.5) is 11.5 Å². The Bertz CT molecular complexity index is 1200. The number of benzene rings is 2. The van der Waals surface area contributed by atoms with Gasteiger partial charge < -0.3 is 5.32 Å². The Hall–Kier alpha value is -2.56. The number of aromatic nitrogens is 3. The van der Waals surface area contributed by atoms with E-state index in [1.165, 1.54) is 5.56 Å². The van der Waals surface area contributed by atoms with Crippen LogP contribution in [0.25, 0.3) is 16.8 Å². The van der Waals surface area contributed by atoms with Crippen molar-refractivity contribution in [3.63, 3.8) is 0 Å². The minimum absolute atomic E-state index is 0.523. The quantitative estimate of drug-likeness (QED) is 0.435. The molecule has 0 amide bonds. The van der Waals surface area contributed by atoms with Crippen LogP contribution in [0.3, 0.4) is 0 Å². The fraction of sp³-hybridized carbons (Fsp3) is 0.182. The summed E-state index contributed by atoms with van der Waals surface area (Å²) >= 11 is 12.3. The predicted molar refractivity (Wildman–Crippen MR) is 115 cm³/mol. The number of hydrogen-bond donors (Lipinski definition) is 1. The van der Waals surface area contributed by atoms with Crippen molar-refractivity contribution in [1.29, 1.82) is 0 Å². The maximum Gasteiger partial charge on any atom is 0.165 e. The van der Waals surface area contributed by atoms with E-state index >= 15 is 0 Å². The minimum Gasteiger partial charge on any atom is -0.340 e. The average molecular weight is 409 g/mol. The molecule has 2 heterocycles. The van der Waals surface area contributed by atoms with Gasteiger partial charge in [0.15, 0.2) is 5.65 Å². The molecule has 140 valence electrons. The van der Waals surface area contributed by atoms with Gasteiger partial charge in [-0.3, -0.25) is 0 Å². The molecule has 0 fully saturated rings. The molecule has 0 saturated carbocycles. The first-order valence-corrected chi connectivity index (χ1v) is 10.1. The zero-order chi connectivity index (χ0) is 19.3. The molecular weight excluding hydrogens is 391 g/mol. The fourth-order valence-corrected chi connectivity index (χ4v) is 4.22. The number of fused-ring (bicyclic) bond motifs is 2. The number of rotatable bonds is 3. The number of halogens is 2. The van der Waals surface area contributed by atoms with E-state index in [-0.39, 0.29) is 0 Å². The van der Waals surface area contributed by atoms with Gasteiger partial charge in [-0.2, -0.15) is 9.61 Å². The Labute approximate surface area is 173 Å². The third-order valence-electron chi connectivity index (χ3n) is 5.21. The van der Waals surface area contributed by atoms with Gasteiger partial charge in [0.05, 0.1) is 15.7 Å². The lowest BCUT2D eigenvalue weighted by Crippen LogP contribution is -2.07. The fourth-order valence-electron chi connectivity index (χ4n) is 3.92. The molecule has 0 unspecified atom stereocenters. The molecule has 1 aliphatic rings. The summed E-state index contributed by atoms with van der Waals surface area (Å²) in [6, 6.07) is 15.9. The summed E-state index contributed by atoms with van der Waals surface area (Å²) in [5.74, 6) is 0.959. The highest BCUT2D eigenvalue weighted by Crippen LogP contribution is 2.36. The van der Waals surface area contributed by atoms with E-state index in [0.717, 1.165) is 58.9 Å². The monoisotopic (exact) mass is 408 g/mol. The lowest BCUT2D eigenvalue weighted by atomic mass is 10.1. The van der Waals surface area contributed by atoms with Crippen molar-refractivity contribution >= 4 is 40.4 Å². The summed E-state index contributed by atoms with van der Waals surface area (Å²) < 4.78 is 1.93. The van der Waals surface area contributed by atoms with Crippen molar-refractivity contribution in [2.45, 2.75) is 26.2 Å². The zero-order valence-electron chi connectivity index (χ0n) is 15.3. The van der Waals surface area contributed by atoms with Gasteiger partial charge in [0.1, 0.15) is 5.82 Å². The van der Waals surface area contributed by atoms with Crippen LogP contribution >= 0.6 is 23.2 Å². The van der Waals surface area contributed by atoms with Gasteiger partial charge in [-0.1, -0.05) is 53.5 Å². The molecule has 0 atom stereocenters. The van der Waals surface area contributed by atoms with Crippen molar-refractivity contribution in [1.82, 2.24) is 14.6 Å². The van der Waals surface area contributed by atoms with Gasteiger partial charge in [0.25, 0.3) is 0 Å². The standard InChI is InChI=1S/C22H18Cl2N4/c1-13-20(14-6-3-2-4-7-14)22-26-19-9-5-8-16(19)21(28(22)27-13)25-15-10-11-17(23)18(24)12-15/h2-4,6-7,10-12,25H,5,8-9H2,1H3. The van der Waals surface area contributed by atoms with Crippen LogP contribution in [0.1, 0.15) is 23.4 Å². The van der Waals surface area contributed by atoms with Crippen molar-refractivity contribution in [3.05, 3.63) is 75.5 Å². The average Bonchev–Trinajstić information content (AvgIpc) is 3.29. The normalized spacial score (nSPS) is 13.1. The molecule has 4 nitrogen and oxygen atoms in total. The molecule has 4 aromatic rings. The van der Waals surface area contributed by atoms with Crippen LogP contribution in [0.5, 0.6) is 0 Å². The third-order valence-corrected chi connectivity index (χ3v) is 5.95. The summed E-state index contributed by atoms with van der Waals surface area (Å²) in [6.45, 7) is 2.03. The first kappa shape index (κ1) is 17.5. The van der Waals surface area contributed by atoms with Gasteiger partial charge in [0, 0.05) is 22.5 Å². The largest absolute Gasteiger partial charge is 0.340 e. The predicted octanol–water partition coefficient (Wildman–Crippen LogP) is 6.24. The molecule has 0 radical (unpaired) electrons. The highest BCUT2D eigenvalue weighted by molar-refractivity contribution is 6.42. The first-order chi connectivity index (χ1) is 13.6. The highest BCUT2D eigenvalue weighted by Gasteiger charge is 2.24. The summed E-state index contributed by atoms with van der Waals surface area (Å²) in [5, 5.41) is 9.42. The van der Waals surface area contributed by atoms with E-state index in [1.807, 2.05) is 41.8 Å². The molecule has 1 aliphatic carbocycles. The Kier molecular flexibility index (Phi) is 4.26. The zero-order valence-corrected chi connectivity index (χ0v) is 16.8. The molecule has 2 aromatic carbocycles. The van der Waals surface area contributed by atoms with Gasteiger partial charge in [0.2, 0.25) is 0 Å². The van der Waals surface area contributed by atoms with Crippen LogP contribution in [0.15, 0.2) is 48.5 Å². The number of hydrogen-bond acceptors (Lipinski definition) is 3. The Morgan fingerprint density at radius 1 is 1.00 bits per heavy atom. The molecule has 1 N–H and O–H groups in total. The molecule has 28 heavy (non-hydrogen) atoms. The number of nitrogens with one attached hydrogen (secondary N) is 1. The van der Waals surface area contributed by atoms with Gasteiger partial charge in [-0.15, -0.1) is 0 Å². The molecule has 6 heteroatoms. The van der Waals surface area contributed by atoms with E-state index in [2.05, 4.69) is 17.4 Å². The summed E-state index contributed by atoms with van der Waals surface area (Å²) in [7, 11) is 0. The van der Waals surface area contributed by atoms with E-state index in [9.17, 15) is 0 Å². The topological polar surface area (TPSA) is 42.2 Å². The van der Waals surface area contributed by atoms with E-state index in [0.29, 0.717) is 10.0 Å². The first-order valence-electron chi connectivity index (χ1n) is 9.30. The van der Waals surface area contributed by atoms with Crippen LogP contribution < -0.4 is 5.32 Å². The van der Waals surface area contributed by atoms with Crippen LogP contribution in [0.2, 0.25) is 10.0 Å². The smallest absolute Gasteiger partial charge is 0.165 e. The number of anilines is 2. The van der Waals surface area contributed by atoms with Gasteiger partial charge >= 0.3 is 0 Å². The Morgan fingerprint density at radius 3 is 2.61 bits per heavy atom. The van der Waals surface area contributed by atoms with E-state index in [1.54, 1.807) is 6.07 Å². The minimum atomic E-state index is 0.523. The second-order valence-corrected chi connectivity index (χ2v) is 7.87. The second kappa shape index (κ2) is 6.80.